The fourth-order valence-electron chi connectivity index (χ4n) is 2.05. The van der Waals surface area contributed by atoms with Crippen LogP contribution in [0, 0.1) is 0 Å². The maximum absolute atomic E-state index is 12.1. The molecule has 1 rings (SSSR count). The number of carbonyl (C=O) groups excluding carboxylic acids is 1. The van der Waals surface area contributed by atoms with E-state index in [1.807, 2.05) is 0 Å². The van der Waals surface area contributed by atoms with Gasteiger partial charge in [-0.25, -0.2) is 0 Å². The average Bonchev–Trinajstić information content (AvgIpc) is 2.36. The van der Waals surface area contributed by atoms with E-state index in [2.05, 4.69) is 10.0 Å². The number of hydrogen-bond donors (Lipinski definition) is 3. The van der Waals surface area contributed by atoms with Crippen LogP contribution in [0.4, 0.5) is 0 Å². The highest BCUT2D eigenvalue weighted by Gasteiger charge is 2.36. The number of nitrogens with one attached hydrogen (secondary N) is 2. The molecule has 0 aromatic heterocycles. The molecule has 0 spiro atoms. The molecule has 1 atom stereocenters. The minimum Gasteiger partial charge on any atom is -0.480 e. The van der Waals surface area contributed by atoms with E-state index in [0.717, 1.165) is 4.31 Å². The zero-order chi connectivity index (χ0) is 15.3. The summed E-state index contributed by atoms with van der Waals surface area (Å²) < 4.78 is 27.2. The molecule has 20 heavy (non-hydrogen) atoms. The van der Waals surface area contributed by atoms with Gasteiger partial charge in [-0.15, -0.1) is 0 Å². The third-order valence-corrected chi connectivity index (χ3v) is 4.48. The minimum absolute atomic E-state index is 0.0891. The molecular formula is C11H21N3O5S. The summed E-state index contributed by atoms with van der Waals surface area (Å²) in [5.41, 5.74) is 0. The zero-order valence-corrected chi connectivity index (χ0v) is 12.4. The third kappa shape index (κ3) is 4.73. The van der Waals surface area contributed by atoms with Crippen LogP contribution in [-0.4, -0.2) is 54.9 Å². The Bertz CT molecular complexity index is 463. The molecule has 1 amide bonds. The monoisotopic (exact) mass is 307 g/mol. The Kier molecular flexibility index (Phi) is 5.90. The molecule has 1 saturated heterocycles. The number of carboxylic acids is 1. The van der Waals surface area contributed by atoms with E-state index in [9.17, 15) is 18.0 Å². The molecule has 0 bridgehead atoms. The average molecular weight is 307 g/mol. The van der Waals surface area contributed by atoms with Gasteiger partial charge in [0.25, 0.3) is 10.2 Å². The van der Waals surface area contributed by atoms with E-state index in [1.165, 1.54) is 0 Å². The number of nitrogens with zero attached hydrogens (tertiary/aromatic N) is 1. The lowest BCUT2D eigenvalue weighted by Gasteiger charge is -2.31. The molecule has 1 unspecified atom stereocenters. The van der Waals surface area contributed by atoms with Crippen molar-refractivity contribution < 1.29 is 23.1 Å². The first-order chi connectivity index (χ1) is 9.24. The van der Waals surface area contributed by atoms with Gasteiger partial charge in [0.2, 0.25) is 5.91 Å². The van der Waals surface area contributed by atoms with E-state index in [4.69, 9.17) is 5.11 Å². The SMILES string of the molecule is CC(C)NC(=O)CNS(=O)(=O)N1CCCCC1C(=O)O. The van der Waals surface area contributed by atoms with Gasteiger partial charge in [-0.3, -0.25) is 9.59 Å². The van der Waals surface area contributed by atoms with Crippen LogP contribution in [0.5, 0.6) is 0 Å². The Morgan fingerprint density at radius 3 is 2.55 bits per heavy atom. The Morgan fingerprint density at radius 1 is 1.35 bits per heavy atom. The molecule has 0 aliphatic carbocycles. The fourth-order valence-corrected chi connectivity index (χ4v) is 3.43. The van der Waals surface area contributed by atoms with Gasteiger partial charge in [0, 0.05) is 12.6 Å². The van der Waals surface area contributed by atoms with Crippen LogP contribution < -0.4 is 10.0 Å². The van der Waals surface area contributed by atoms with E-state index in [1.54, 1.807) is 13.8 Å². The molecule has 116 valence electrons. The van der Waals surface area contributed by atoms with Gasteiger partial charge in [-0.1, -0.05) is 0 Å². The van der Waals surface area contributed by atoms with Gasteiger partial charge in [-0.2, -0.15) is 17.4 Å². The van der Waals surface area contributed by atoms with Crippen LogP contribution in [0.1, 0.15) is 33.1 Å². The first-order valence-electron chi connectivity index (χ1n) is 6.52. The van der Waals surface area contributed by atoms with Crippen molar-refractivity contribution in [2.24, 2.45) is 0 Å². The number of carbonyl (C=O) groups is 2. The van der Waals surface area contributed by atoms with Gasteiger partial charge < -0.3 is 10.4 Å². The molecule has 9 heteroatoms. The summed E-state index contributed by atoms with van der Waals surface area (Å²) >= 11 is 0. The van der Waals surface area contributed by atoms with Crippen molar-refractivity contribution in [3.8, 4) is 0 Å². The topological polar surface area (TPSA) is 116 Å². The second-order valence-electron chi connectivity index (χ2n) is 5.01. The van der Waals surface area contributed by atoms with Crippen molar-refractivity contribution in [3.05, 3.63) is 0 Å². The Balaban J connectivity index is 2.67. The second kappa shape index (κ2) is 7.00. The first kappa shape index (κ1) is 16.9. The summed E-state index contributed by atoms with van der Waals surface area (Å²) in [6, 6.07) is -1.15. The summed E-state index contributed by atoms with van der Waals surface area (Å²) in [4.78, 5) is 22.5. The molecule has 0 radical (unpaired) electrons. The zero-order valence-electron chi connectivity index (χ0n) is 11.6. The number of piperidine rings is 1. The summed E-state index contributed by atoms with van der Waals surface area (Å²) in [5.74, 6) is -1.62. The van der Waals surface area contributed by atoms with Crippen LogP contribution >= 0.6 is 0 Å². The van der Waals surface area contributed by atoms with E-state index >= 15 is 0 Å². The van der Waals surface area contributed by atoms with E-state index in [0.29, 0.717) is 12.8 Å². The maximum Gasteiger partial charge on any atom is 0.322 e. The molecule has 1 aliphatic heterocycles. The molecule has 1 fully saturated rings. The second-order valence-corrected chi connectivity index (χ2v) is 6.72. The highest BCUT2D eigenvalue weighted by Crippen LogP contribution is 2.19. The number of hydrogen-bond acceptors (Lipinski definition) is 4. The molecule has 8 nitrogen and oxygen atoms in total. The van der Waals surface area contributed by atoms with Gasteiger partial charge >= 0.3 is 5.97 Å². The van der Waals surface area contributed by atoms with Gasteiger partial charge in [0.1, 0.15) is 6.04 Å². The maximum atomic E-state index is 12.1. The standard InChI is InChI=1S/C11H21N3O5S/c1-8(2)13-10(15)7-12-20(18,19)14-6-4-3-5-9(14)11(16)17/h8-9,12H,3-7H2,1-2H3,(H,13,15)(H,16,17). The number of rotatable bonds is 6. The van der Waals surface area contributed by atoms with Crippen LogP contribution in [0.25, 0.3) is 0 Å². The fraction of sp³-hybridized carbons (Fsp3) is 0.818. The number of amides is 1. The Labute approximate surface area is 118 Å². The lowest BCUT2D eigenvalue weighted by Crippen LogP contribution is -2.53. The molecule has 0 aromatic carbocycles. The molecule has 0 saturated carbocycles. The molecule has 0 aromatic rings. The molecule has 1 heterocycles. The summed E-state index contributed by atoms with van der Waals surface area (Å²) in [6.07, 6.45) is 1.58. The van der Waals surface area contributed by atoms with Crippen LogP contribution in [0.15, 0.2) is 0 Å². The predicted octanol–water partition coefficient (Wildman–Crippen LogP) is -0.715. The van der Waals surface area contributed by atoms with Crippen molar-refractivity contribution in [1.29, 1.82) is 0 Å². The number of carboxylic acid groups (broad SMARTS) is 1. The Morgan fingerprint density at radius 2 is 2.00 bits per heavy atom. The van der Waals surface area contributed by atoms with E-state index < -0.39 is 34.7 Å². The van der Waals surface area contributed by atoms with Crippen molar-refractivity contribution in [1.82, 2.24) is 14.3 Å². The lowest BCUT2D eigenvalue weighted by molar-refractivity contribution is -0.142. The molecule has 1 aliphatic rings. The lowest BCUT2D eigenvalue weighted by atomic mass is 10.1. The third-order valence-electron chi connectivity index (χ3n) is 2.91. The summed E-state index contributed by atoms with van der Waals surface area (Å²) in [6.45, 7) is 3.27. The van der Waals surface area contributed by atoms with Crippen LogP contribution in [-0.2, 0) is 19.8 Å². The van der Waals surface area contributed by atoms with Gasteiger partial charge in [0.05, 0.1) is 6.54 Å². The van der Waals surface area contributed by atoms with E-state index in [-0.39, 0.29) is 19.0 Å². The highest BCUT2D eigenvalue weighted by atomic mass is 32.2. The first-order valence-corrected chi connectivity index (χ1v) is 7.96. The largest absolute Gasteiger partial charge is 0.480 e. The van der Waals surface area contributed by atoms with Gasteiger partial charge in [0.15, 0.2) is 0 Å². The van der Waals surface area contributed by atoms with Crippen molar-refractivity contribution >= 4 is 22.1 Å². The quantitative estimate of drug-likeness (QED) is 0.599. The van der Waals surface area contributed by atoms with Crippen molar-refractivity contribution in [2.45, 2.75) is 45.2 Å². The smallest absolute Gasteiger partial charge is 0.322 e. The normalized spacial score (nSPS) is 20.9. The predicted molar refractivity (Wildman–Crippen MR) is 72.2 cm³/mol. The Hall–Kier alpha value is -1.19. The van der Waals surface area contributed by atoms with Crippen LogP contribution in [0.2, 0.25) is 0 Å². The molecule has 3 N–H and O–H groups in total. The van der Waals surface area contributed by atoms with Gasteiger partial charge in [-0.05, 0) is 33.1 Å². The highest BCUT2D eigenvalue weighted by molar-refractivity contribution is 7.87. The summed E-state index contributed by atoms with van der Waals surface area (Å²) in [5, 5.41) is 11.6. The summed E-state index contributed by atoms with van der Waals surface area (Å²) in [7, 11) is -3.97. The minimum atomic E-state index is -3.97. The molecular weight excluding hydrogens is 286 g/mol. The van der Waals surface area contributed by atoms with Crippen molar-refractivity contribution in [2.75, 3.05) is 13.1 Å². The van der Waals surface area contributed by atoms with Crippen LogP contribution in [0.3, 0.4) is 0 Å². The van der Waals surface area contributed by atoms with Crippen molar-refractivity contribution in [3.63, 3.8) is 0 Å². The number of aliphatic carboxylic acids is 1.